The first-order valence-corrected chi connectivity index (χ1v) is 14.2. The molecular weight excluding hydrogens is 552 g/mol. The van der Waals surface area contributed by atoms with Crippen LogP contribution in [-0.2, 0) is 32.0 Å². The number of hydrogen-bond donors (Lipinski definition) is 8. The van der Waals surface area contributed by atoms with Gasteiger partial charge in [0.1, 0.15) is 18.1 Å². The molecule has 0 aliphatic carbocycles. The van der Waals surface area contributed by atoms with E-state index in [4.69, 9.17) is 5.73 Å². The summed E-state index contributed by atoms with van der Waals surface area (Å²) >= 11 is 0. The van der Waals surface area contributed by atoms with Gasteiger partial charge in [0.05, 0.1) is 12.6 Å². The van der Waals surface area contributed by atoms with Crippen molar-refractivity contribution in [1.82, 2.24) is 25.9 Å². The van der Waals surface area contributed by atoms with Gasteiger partial charge in [-0.3, -0.25) is 14.4 Å². The predicted molar refractivity (Wildman–Crippen MR) is 162 cm³/mol. The summed E-state index contributed by atoms with van der Waals surface area (Å²) in [5.41, 5.74) is 9.61. The van der Waals surface area contributed by atoms with E-state index in [1.807, 2.05) is 62.4 Å². The van der Waals surface area contributed by atoms with Crippen molar-refractivity contribution in [2.24, 2.45) is 11.7 Å². The Morgan fingerprint density at radius 2 is 1.23 bits per heavy atom. The lowest BCUT2D eigenvalue weighted by molar-refractivity contribution is -0.143. The summed E-state index contributed by atoms with van der Waals surface area (Å²) in [5, 5.41) is 28.3. The van der Waals surface area contributed by atoms with Crippen molar-refractivity contribution in [3.05, 3.63) is 72.1 Å². The summed E-state index contributed by atoms with van der Waals surface area (Å²) in [6, 6.07) is 10.4. The Morgan fingerprint density at radius 1 is 0.744 bits per heavy atom. The molecule has 2 aromatic carbocycles. The monoisotopic (exact) mass is 590 g/mol. The topological polar surface area (TPSA) is 202 Å². The molecule has 2 heterocycles. The van der Waals surface area contributed by atoms with Crippen LogP contribution < -0.4 is 21.7 Å². The van der Waals surface area contributed by atoms with E-state index in [-0.39, 0.29) is 25.2 Å². The number of carboxylic acids is 1. The number of aromatic nitrogens is 2. The highest BCUT2D eigenvalue weighted by Crippen LogP contribution is 2.20. The number of carbonyl (C=O) groups is 4. The summed E-state index contributed by atoms with van der Waals surface area (Å²) in [6.07, 6.45) is 4.07. The quantitative estimate of drug-likeness (QED) is 0.108. The van der Waals surface area contributed by atoms with Crippen molar-refractivity contribution >= 4 is 45.5 Å². The highest BCUT2D eigenvalue weighted by atomic mass is 16.4. The number of carbonyl (C=O) groups excluding carboxylic acids is 3. The number of aliphatic hydroxyl groups is 1. The summed E-state index contributed by atoms with van der Waals surface area (Å²) in [6.45, 7) is 2.97. The van der Waals surface area contributed by atoms with Crippen LogP contribution in [0.3, 0.4) is 0 Å². The molecule has 9 N–H and O–H groups in total. The van der Waals surface area contributed by atoms with E-state index in [1.54, 1.807) is 12.4 Å². The number of aliphatic carboxylic acids is 1. The Balaban J connectivity index is 1.51. The van der Waals surface area contributed by atoms with Crippen LogP contribution in [0.1, 0.15) is 31.4 Å². The lowest BCUT2D eigenvalue weighted by atomic mass is 9.99. The molecule has 2 aromatic heterocycles. The first-order valence-electron chi connectivity index (χ1n) is 14.2. The third kappa shape index (κ3) is 7.79. The number of rotatable bonds is 14. The van der Waals surface area contributed by atoms with Gasteiger partial charge in [0.15, 0.2) is 0 Å². The number of H-pyrrole nitrogens is 2. The predicted octanol–water partition coefficient (Wildman–Crippen LogP) is 1.34. The molecular formula is C31H38N6O6. The normalized spacial score (nSPS) is 14.3. The van der Waals surface area contributed by atoms with Crippen LogP contribution in [0.25, 0.3) is 21.8 Å². The molecule has 4 atom stereocenters. The molecule has 0 spiro atoms. The highest BCUT2D eigenvalue weighted by Gasteiger charge is 2.31. The fraction of sp³-hybridized carbons (Fsp3) is 0.355. The molecule has 0 saturated carbocycles. The van der Waals surface area contributed by atoms with Gasteiger partial charge in [0.25, 0.3) is 0 Å². The minimum absolute atomic E-state index is 0.00701. The van der Waals surface area contributed by atoms with Crippen molar-refractivity contribution < 1.29 is 29.4 Å². The molecule has 0 fully saturated rings. The Bertz CT molecular complexity index is 1590. The lowest BCUT2D eigenvalue weighted by Gasteiger charge is -2.26. The van der Waals surface area contributed by atoms with Gasteiger partial charge in [0, 0.05) is 40.6 Å². The average molecular weight is 591 g/mol. The summed E-state index contributed by atoms with van der Waals surface area (Å²) in [4.78, 5) is 57.8. The lowest BCUT2D eigenvalue weighted by Crippen LogP contribution is -2.58. The first kappa shape index (κ1) is 31.3. The van der Waals surface area contributed by atoms with Crippen LogP contribution in [0.2, 0.25) is 0 Å². The van der Waals surface area contributed by atoms with E-state index in [1.165, 1.54) is 0 Å². The number of aliphatic hydroxyl groups excluding tert-OH is 1. The number of carboxylic acid groups (broad SMARTS) is 1. The van der Waals surface area contributed by atoms with Crippen molar-refractivity contribution in [2.75, 3.05) is 6.61 Å². The fourth-order valence-electron chi connectivity index (χ4n) is 5.07. The maximum atomic E-state index is 13.6. The Labute approximate surface area is 248 Å². The highest BCUT2D eigenvalue weighted by molar-refractivity contribution is 5.95. The number of para-hydroxylation sites is 2. The van der Waals surface area contributed by atoms with E-state index < -0.39 is 54.5 Å². The molecule has 43 heavy (non-hydrogen) atoms. The Hall–Kier alpha value is -4.68. The van der Waals surface area contributed by atoms with E-state index in [0.717, 1.165) is 32.9 Å². The smallest absolute Gasteiger partial charge is 0.328 e. The molecule has 4 unspecified atom stereocenters. The molecule has 12 heteroatoms. The number of amides is 3. The fourth-order valence-corrected chi connectivity index (χ4v) is 5.07. The summed E-state index contributed by atoms with van der Waals surface area (Å²) in [5.74, 6) is -3.33. The van der Waals surface area contributed by atoms with E-state index in [9.17, 15) is 29.4 Å². The number of hydrogen-bond acceptors (Lipinski definition) is 6. The van der Waals surface area contributed by atoms with E-state index >= 15 is 0 Å². The van der Waals surface area contributed by atoms with Gasteiger partial charge in [-0.2, -0.15) is 0 Å². The van der Waals surface area contributed by atoms with Crippen LogP contribution in [-0.4, -0.2) is 74.6 Å². The molecule has 3 amide bonds. The van der Waals surface area contributed by atoms with Gasteiger partial charge < -0.3 is 41.9 Å². The molecule has 0 aliphatic rings. The van der Waals surface area contributed by atoms with Crippen molar-refractivity contribution in [2.45, 2.75) is 57.3 Å². The summed E-state index contributed by atoms with van der Waals surface area (Å²) in [7, 11) is 0. The van der Waals surface area contributed by atoms with Gasteiger partial charge in [-0.1, -0.05) is 50.2 Å². The minimum Gasteiger partial charge on any atom is -0.480 e. The standard InChI is InChI=1S/C31H38N6O6/c1-17(2)11-25(35-28(39)22(32)12-18-14-33-23-9-5-3-7-20(18)23)29(40)36-26(30(41)37-27(16-38)31(42)43)13-19-15-34-24-10-6-4-8-21(19)24/h3-10,14-15,17,22,25-27,33-34,38H,11-13,16,32H2,1-2H3,(H,35,39)(H,36,40)(H,37,41)(H,42,43). The molecule has 12 nitrogen and oxygen atoms in total. The van der Waals surface area contributed by atoms with E-state index in [2.05, 4.69) is 25.9 Å². The van der Waals surface area contributed by atoms with Crippen LogP contribution in [0.5, 0.6) is 0 Å². The van der Waals surface area contributed by atoms with Crippen molar-refractivity contribution in [3.8, 4) is 0 Å². The maximum absolute atomic E-state index is 13.6. The summed E-state index contributed by atoms with van der Waals surface area (Å²) < 4.78 is 0. The molecule has 228 valence electrons. The maximum Gasteiger partial charge on any atom is 0.328 e. The van der Waals surface area contributed by atoms with Crippen LogP contribution in [0.4, 0.5) is 0 Å². The number of nitrogens with two attached hydrogens (primary N) is 1. The molecule has 0 aliphatic heterocycles. The zero-order valence-corrected chi connectivity index (χ0v) is 24.1. The molecule has 4 rings (SSSR count). The number of benzene rings is 2. The number of aromatic amines is 2. The number of nitrogens with one attached hydrogen (secondary N) is 5. The van der Waals surface area contributed by atoms with Crippen molar-refractivity contribution in [3.63, 3.8) is 0 Å². The van der Waals surface area contributed by atoms with E-state index in [0.29, 0.717) is 0 Å². The van der Waals surface area contributed by atoms with Gasteiger partial charge in [-0.05, 0) is 42.0 Å². The molecule has 0 saturated heterocycles. The van der Waals surface area contributed by atoms with Crippen LogP contribution in [0.15, 0.2) is 60.9 Å². The Kier molecular flexibility index (Phi) is 10.2. The minimum atomic E-state index is -1.55. The zero-order valence-electron chi connectivity index (χ0n) is 24.1. The molecule has 0 radical (unpaired) electrons. The van der Waals surface area contributed by atoms with Gasteiger partial charge in [-0.15, -0.1) is 0 Å². The van der Waals surface area contributed by atoms with Crippen molar-refractivity contribution in [1.29, 1.82) is 0 Å². The first-order chi connectivity index (χ1) is 20.6. The SMILES string of the molecule is CC(C)CC(NC(=O)C(N)Cc1c[nH]c2ccccc12)C(=O)NC(Cc1c[nH]c2ccccc12)C(=O)NC(CO)C(=O)O. The number of fused-ring (bicyclic) bond motifs is 2. The second-order valence-electron chi connectivity index (χ2n) is 11.1. The van der Waals surface area contributed by atoms with Crippen LogP contribution in [0, 0.1) is 5.92 Å². The van der Waals surface area contributed by atoms with Gasteiger partial charge >= 0.3 is 5.97 Å². The third-order valence-electron chi connectivity index (χ3n) is 7.32. The van der Waals surface area contributed by atoms with Gasteiger partial charge in [-0.25, -0.2) is 4.79 Å². The molecule has 0 bridgehead atoms. The second kappa shape index (κ2) is 14.0. The zero-order chi connectivity index (χ0) is 31.1. The Morgan fingerprint density at radius 3 is 1.77 bits per heavy atom. The molecule has 4 aromatic rings. The second-order valence-corrected chi connectivity index (χ2v) is 11.1. The third-order valence-corrected chi connectivity index (χ3v) is 7.32. The van der Waals surface area contributed by atoms with Crippen LogP contribution >= 0.6 is 0 Å². The average Bonchev–Trinajstić information content (AvgIpc) is 3.58. The largest absolute Gasteiger partial charge is 0.480 e. The van der Waals surface area contributed by atoms with Gasteiger partial charge in [0.2, 0.25) is 17.7 Å².